The summed E-state index contributed by atoms with van der Waals surface area (Å²) in [6.07, 6.45) is 4.60. The number of benzene rings is 1. The standard InChI is InChI=1S/C22H23FN6O2/c23-15-4-2-1-3-14(15)22-27-11-16(24)21(28-22)20(31)9-13-10-26-7-5-18(13)29-8-6-19(30)17(25)12-29/h1-5,7,10-11,17,19,30H,6,8-9,12,24-25H2/t17-,19-/m1/s1. The minimum atomic E-state index is -0.541. The third-order valence-corrected chi connectivity index (χ3v) is 5.39. The Balaban J connectivity index is 1.61. The maximum Gasteiger partial charge on any atom is 0.187 e. The Bertz CT molecular complexity index is 1110. The summed E-state index contributed by atoms with van der Waals surface area (Å²) in [7, 11) is 0. The summed E-state index contributed by atoms with van der Waals surface area (Å²) in [5.41, 5.74) is 13.9. The van der Waals surface area contributed by atoms with Crippen molar-refractivity contribution in [2.24, 2.45) is 5.73 Å². The van der Waals surface area contributed by atoms with Gasteiger partial charge in [-0.25, -0.2) is 14.4 Å². The number of Topliss-reactive ketones (excluding diaryl/α,β-unsaturated/α-hetero) is 1. The highest BCUT2D eigenvalue weighted by molar-refractivity contribution is 6.00. The molecule has 1 aliphatic heterocycles. The third kappa shape index (κ3) is 4.37. The van der Waals surface area contributed by atoms with Gasteiger partial charge in [0.25, 0.3) is 0 Å². The van der Waals surface area contributed by atoms with E-state index >= 15 is 0 Å². The highest BCUT2D eigenvalue weighted by Crippen LogP contribution is 2.26. The van der Waals surface area contributed by atoms with Crippen LogP contribution in [-0.4, -0.2) is 51.1 Å². The number of nitrogens with zero attached hydrogens (tertiary/aromatic N) is 4. The van der Waals surface area contributed by atoms with E-state index in [0.717, 1.165) is 5.69 Å². The van der Waals surface area contributed by atoms with Crippen molar-refractivity contribution in [3.8, 4) is 11.4 Å². The van der Waals surface area contributed by atoms with Crippen molar-refractivity contribution in [2.45, 2.75) is 25.0 Å². The van der Waals surface area contributed by atoms with Crippen molar-refractivity contribution < 1.29 is 14.3 Å². The van der Waals surface area contributed by atoms with Gasteiger partial charge in [0, 0.05) is 49.2 Å². The van der Waals surface area contributed by atoms with Gasteiger partial charge >= 0.3 is 0 Å². The molecule has 3 heterocycles. The van der Waals surface area contributed by atoms with Gasteiger partial charge in [-0.05, 0) is 24.6 Å². The number of halogens is 1. The molecule has 8 nitrogen and oxygen atoms in total. The fourth-order valence-electron chi connectivity index (χ4n) is 3.70. The monoisotopic (exact) mass is 422 g/mol. The van der Waals surface area contributed by atoms with Gasteiger partial charge in [-0.2, -0.15) is 0 Å². The predicted octanol–water partition coefficient (Wildman–Crippen LogP) is 1.58. The van der Waals surface area contributed by atoms with E-state index in [4.69, 9.17) is 11.5 Å². The van der Waals surface area contributed by atoms with E-state index in [1.165, 1.54) is 12.3 Å². The van der Waals surface area contributed by atoms with E-state index < -0.39 is 11.9 Å². The topological polar surface area (TPSA) is 131 Å². The zero-order valence-corrected chi connectivity index (χ0v) is 16.8. The fourth-order valence-corrected chi connectivity index (χ4v) is 3.70. The molecule has 0 bridgehead atoms. The van der Waals surface area contributed by atoms with Gasteiger partial charge in [0.05, 0.1) is 23.6 Å². The minimum absolute atomic E-state index is 0.00932. The highest BCUT2D eigenvalue weighted by Gasteiger charge is 2.27. The van der Waals surface area contributed by atoms with Crippen molar-refractivity contribution in [2.75, 3.05) is 23.7 Å². The minimum Gasteiger partial charge on any atom is -0.396 e. The van der Waals surface area contributed by atoms with Gasteiger partial charge in [-0.3, -0.25) is 9.78 Å². The molecular weight excluding hydrogens is 399 g/mol. The first-order valence-electron chi connectivity index (χ1n) is 9.96. The lowest BCUT2D eigenvalue weighted by molar-refractivity contribution is 0.0988. The second-order valence-corrected chi connectivity index (χ2v) is 7.55. The number of ketones is 1. The summed E-state index contributed by atoms with van der Waals surface area (Å²) < 4.78 is 14.1. The number of carbonyl (C=O) groups excluding carboxylic acids is 1. The zero-order valence-electron chi connectivity index (χ0n) is 16.8. The Hall–Kier alpha value is -3.43. The Labute approximate surface area is 178 Å². The quantitative estimate of drug-likeness (QED) is 0.528. The van der Waals surface area contributed by atoms with E-state index in [1.807, 2.05) is 11.0 Å². The third-order valence-electron chi connectivity index (χ3n) is 5.39. The molecule has 9 heteroatoms. The first-order chi connectivity index (χ1) is 14.9. The van der Waals surface area contributed by atoms with Crippen LogP contribution in [0.4, 0.5) is 15.8 Å². The lowest BCUT2D eigenvalue weighted by atomic mass is 10.00. The van der Waals surface area contributed by atoms with Gasteiger partial charge < -0.3 is 21.5 Å². The Morgan fingerprint density at radius 1 is 1.26 bits per heavy atom. The number of aliphatic hydroxyl groups excluding tert-OH is 1. The Kier molecular flexibility index (Phi) is 5.88. The second-order valence-electron chi connectivity index (χ2n) is 7.55. The van der Waals surface area contributed by atoms with Crippen LogP contribution in [0.1, 0.15) is 22.5 Å². The molecule has 160 valence electrons. The number of hydrogen-bond donors (Lipinski definition) is 3. The van der Waals surface area contributed by atoms with Gasteiger partial charge in [-0.15, -0.1) is 0 Å². The largest absolute Gasteiger partial charge is 0.396 e. The van der Waals surface area contributed by atoms with Crippen molar-refractivity contribution in [3.63, 3.8) is 0 Å². The number of pyridine rings is 1. The average molecular weight is 422 g/mol. The normalized spacial score (nSPS) is 18.7. The molecule has 31 heavy (non-hydrogen) atoms. The molecule has 1 fully saturated rings. The van der Waals surface area contributed by atoms with Crippen molar-refractivity contribution >= 4 is 17.2 Å². The molecule has 0 amide bonds. The van der Waals surface area contributed by atoms with Crippen molar-refractivity contribution in [3.05, 3.63) is 66.0 Å². The fraction of sp³-hybridized carbons (Fsp3) is 0.273. The highest BCUT2D eigenvalue weighted by atomic mass is 19.1. The van der Waals surface area contributed by atoms with Crippen LogP contribution in [-0.2, 0) is 6.42 Å². The number of nitrogen functional groups attached to an aromatic ring is 1. The van der Waals surface area contributed by atoms with E-state index in [9.17, 15) is 14.3 Å². The number of rotatable bonds is 5. The van der Waals surface area contributed by atoms with E-state index in [0.29, 0.717) is 25.1 Å². The molecule has 0 saturated carbocycles. The maximum absolute atomic E-state index is 14.1. The van der Waals surface area contributed by atoms with Crippen molar-refractivity contribution in [1.82, 2.24) is 15.0 Å². The molecule has 4 rings (SSSR count). The summed E-state index contributed by atoms with van der Waals surface area (Å²) in [6.45, 7) is 1.09. The van der Waals surface area contributed by atoms with Gasteiger partial charge in [-0.1, -0.05) is 12.1 Å². The molecule has 5 N–H and O–H groups in total. The molecule has 1 saturated heterocycles. The van der Waals surface area contributed by atoms with Crippen molar-refractivity contribution in [1.29, 1.82) is 0 Å². The summed E-state index contributed by atoms with van der Waals surface area (Å²) in [6, 6.07) is 7.54. The number of carbonyl (C=O) groups is 1. The molecule has 1 aromatic carbocycles. The molecule has 0 radical (unpaired) electrons. The summed E-state index contributed by atoms with van der Waals surface area (Å²) >= 11 is 0. The second kappa shape index (κ2) is 8.75. The summed E-state index contributed by atoms with van der Waals surface area (Å²) in [4.78, 5) is 27.6. The molecule has 2 atom stereocenters. The van der Waals surface area contributed by atoms with Gasteiger partial charge in [0.2, 0.25) is 0 Å². The molecule has 3 aromatic rings. The number of aromatic nitrogens is 3. The molecule has 1 aliphatic rings. The smallest absolute Gasteiger partial charge is 0.187 e. The number of hydrogen-bond acceptors (Lipinski definition) is 8. The van der Waals surface area contributed by atoms with Crippen LogP contribution in [0.2, 0.25) is 0 Å². The van der Waals surface area contributed by atoms with Gasteiger partial charge in [0.1, 0.15) is 11.5 Å². The number of anilines is 2. The molecule has 0 spiro atoms. The first-order valence-corrected chi connectivity index (χ1v) is 9.96. The summed E-state index contributed by atoms with van der Waals surface area (Å²) in [5, 5.41) is 9.90. The van der Waals surface area contributed by atoms with Crippen LogP contribution in [0.15, 0.2) is 48.9 Å². The van der Waals surface area contributed by atoms with Crippen LogP contribution in [0, 0.1) is 5.82 Å². The van der Waals surface area contributed by atoms with Crippen LogP contribution in [0.25, 0.3) is 11.4 Å². The molecular formula is C22H23FN6O2. The van der Waals surface area contributed by atoms with E-state index in [2.05, 4.69) is 15.0 Å². The number of aliphatic hydroxyl groups is 1. The lowest BCUT2D eigenvalue weighted by Gasteiger charge is -2.36. The van der Waals surface area contributed by atoms with E-state index in [1.54, 1.807) is 30.6 Å². The first kappa shape index (κ1) is 20.8. The predicted molar refractivity (Wildman–Crippen MR) is 115 cm³/mol. The van der Waals surface area contributed by atoms with E-state index in [-0.39, 0.29) is 41.0 Å². The molecule has 0 unspecified atom stereocenters. The zero-order chi connectivity index (χ0) is 22.0. The molecule has 2 aromatic heterocycles. The Morgan fingerprint density at radius 3 is 2.84 bits per heavy atom. The van der Waals surface area contributed by atoms with Crippen LogP contribution >= 0.6 is 0 Å². The van der Waals surface area contributed by atoms with Crippen LogP contribution in [0.5, 0.6) is 0 Å². The maximum atomic E-state index is 14.1. The number of nitrogens with two attached hydrogens (primary N) is 2. The van der Waals surface area contributed by atoms with Gasteiger partial charge in [0.15, 0.2) is 11.6 Å². The number of piperidine rings is 1. The Morgan fingerprint density at radius 2 is 2.06 bits per heavy atom. The van der Waals surface area contributed by atoms with Crippen LogP contribution in [0.3, 0.4) is 0 Å². The molecule has 0 aliphatic carbocycles. The average Bonchev–Trinajstić information content (AvgIpc) is 2.77. The summed E-state index contributed by atoms with van der Waals surface area (Å²) in [5.74, 6) is -0.713. The van der Waals surface area contributed by atoms with Crippen LogP contribution < -0.4 is 16.4 Å². The lowest BCUT2D eigenvalue weighted by Crippen LogP contribution is -2.51. The SMILES string of the molecule is Nc1cnc(-c2ccccc2F)nc1C(=O)Cc1cnccc1N1CC[C@@H](O)[C@H](N)C1.